The topological polar surface area (TPSA) is 120 Å². The van der Waals surface area contributed by atoms with Gasteiger partial charge in [-0.05, 0) is 17.7 Å². The lowest BCUT2D eigenvalue weighted by atomic mass is 10.2. The van der Waals surface area contributed by atoms with E-state index >= 15 is 0 Å². The molecule has 3 heterocycles. The molecule has 0 atom stereocenters. The normalized spacial score (nSPS) is 11.6. The Kier molecular flexibility index (Phi) is 4.43. The third-order valence-electron chi connectivity index (χ3n) is 3.90. The number of anilines is 3. The monoisotopic (exact) mass is 398 g/mol. The molecule has 0 saturated carbocycles. The summed E-state index contributed by atoms with van der Waals surface area (Å²) in [5, 5.41) is 12.4. The highest BCUT2D eigenvalue weighted by molar-refractivity contribution is 7.92. The van der Waals surface area contributed by atoms with Gasteiger partial charge in [0.15, 0.2) is 5.65 Å². The molecule has 144 valence electrons. The SMILES string of the molecule is Cn1cc(Nc2ncc3cnn(Cc4cccc(NS(C)(=O)=O)c4)c3n2)cn1. The molecule has 2 N–H and O–H groups in total. The van der Waals surface area contributed by atoms with E-state index < -0.39 is 10.0 Å². The molecule has 0 aliphatic carbocycles. The van der Waals surface area contributed by atoms with Crippen LogP contribution in [0.5, 0.6) is 0 Å². The molecule has 0 spiro atoms. The van der Waals surface area contributed by atoms with Crippen molar-refractivity contribution in [3.63, 3.8) is 0 Å². The summed E-state index contributed by atoms with van der Waals surface area (Å²) in [6, 6.07) is 7.16. The summed E-state index contributed by atoms with van der Waals surface area (Å²) in [5.74, 6) is 0.440. The number of benzene rings is 1. The molecule has 1 aromatic carbocycles. The summed E-state index contributed by atoms with van der Waals surface area (Å²) in [6.07, 6.45) is 8.03. The van der Waals surface area contributed by atoms with Gasteiger partial charge in [-0.25, -0.2) is 18.1 Å². The van der Waals surface area contributed by atoms with Gasteiger partial charge in [0.2, 0.25) is 16.0 Å². The maximum atomic E-state index is 11.4. The second-order valence-electron chi connectivity index (χ2n) is 6.38. The average molecular weight is 398 g/mol. The van der Waals surface area contributed by atoms with Crippen LogP contribution in [-0.2, 0) is 23.6 Å². The fraction of sp³-hybridized carbons (Fsp3) is 0.176. The van der Waals surface area contributed by atoms with Crippen LogP contribution >= 0.6 is 0 Å². The molecule has 0 amide bonds. The van der Waals surface area contributed by atoms with E-state index in [0.717, 1.165) is 22.9 Å². The number of sulfonamides is 1. The van der Waals surface area contributed by atoms with Gasteiger partial charge in [0.25, 0.3) is 0 Å². The second-order valence-corrected chi connectivity index (χ2v) is 8.13. The first-order valence-corrected chi connectivity index (χ1v) is 10.3. The molecule has 28 heavy (non-hydrogen) atoms. The molecule has 4 rings (SSSR count). The van der Waals surface area contributed by atoms with E-state index in [1.54, 1.807) is 46.2 Å². The standard InChI is InChI=1S/C17H18N8O2S/c1-24-11-15(9-19-24)21-17-18-7-13-8-20-25(16(13)22-17)10-12-4-3-5-14(6-12)23-28(2,26)27/h3-9,11,23H,10H2,1-2H3,(H,18,21,22). The number of aromatic nitrogens is 6. The molecule has 0 unspecified atom stereocenters. The fourth-order valence-corrected chi connectivity index (χ4v) is 3.33. The largest absolute Gasteiger partial charge is 0.321 e. The number of rotatable bonds is 6. The van der Waals surface area contributed by atoms with Crippen LogP contribution in [-0.4, -0.2) is 44.2 Å². The fourth-order valence-electron chi connectivity index (χ4n) is 2.78. The molecule has 0 radical (unpaired) electrons. The third-order valence-corrected chi connectivity index (χ3v) is 4.51. The van der Waals surface area contributed by atoms with Crippen molar-refractivity contribution in [3.05, 3.63) is 54.6 Å². The van der Waals surface area contributed by atoms with Crippen molar-refractivity contribution in [2.24, 2.45) is 7.05 Å². The molecule has 0 saturated heterocycles. The van der Waals surface area contributed by atoms with E-state index in [4.69, 9.17) is 0 Å². The van der Waals surface area contributed by atoms with Crippen molar-refractivity contribution < 1.29 is 8.42 Å². The Labute approximate surface area is 161 Å². The summed E-state index contributed by atoms with van der Waals surface area (Å²) in [4.78, 5) is 8.84. The third kappa shape index (κ3) is 4.09. The molecule has 0 aliphatic rings. The van der Waals surface area contributed by atoms with Crippen LogP contribution in [0.15, 0.2) is 49.1 Å². The van der Waals surface area contributed by atoms with Crippen LogP contribution in [0.3, 0.4) is 0 Å². The van der Waals surface area contributed by atoms with E-state index in [-0.39, 0.29) is 0 Å². The lowest BCUT2D eigenvalue weighted by Crippen LogP contribution is -2.10. The highest BCUT2D eigenvalue weighted by Crippen LogP contribution is 2.18. The first kappa shape index (κ1) is 17.9. The van der Waals surface area contributed by atoms with Crippen molar-refractivity contribution in [2.45, 2.75) is 6.54 Å². The van der Waals surface area contributed by atoms with Gasteiger partial charge in [-0.15, -0.1) is 0 Å². The number of hydrogen-bond donors (Lipinski definition) is 2. The maximum Gasteiger partial charge on any atom is 0.229 e. The summed E-state index contributed by atoms with van der Waals surface area (Å²) in [6.45, 7) is 0.437. The molecule has 3 aromatic heterocycles. The average Bonchev–Trinajstić information content (AvgIpc) is 3.20. The maximum absolute atomic E-state index is 11.4. The van der Waals surface area contributed by atoms with Crippen molar-refractivity contribution in [1.82, 2.24) is 29.5 Å². The zero-order chi connectivity index (χ0) is 19.7. The predicted octanol–water partition coefficient (Wildman–Crippen LogP) is 1.72. The number of aryl methyl sites for hydroxylation is 1. The Bertz CT molecular complexity index is 1250. The van der Waals surface area contributed by atoms with Gasteiger partial charge >= 0.3 is 0 Å². The van der Waals surface area contributed by atoms with Crippen LogP contribution in [0.25, 0.3) is 11.0 Å². The first-order chi connectivity index (χ1) is 13.4. The summed E-state index contributed by atoms with van der Waals surface area (Å²) < 4.78 is 28.8. The van der Waals surface area contributed by atoms with Crippen LogP contribution in [0.2, 0.25) is 0 Å². The molecular formula is C17H18N8O2S. The molecule has 4 aromatic rings. The molecule has 0 aliphatic heterocycles. The molecule has 0 fully saturated rings. The summed E-state index contributed by atoms with van der Waals surface area (Å²) in [7, 11) is -1.50. The smallest absolute Gasteiger partial charge is 0.229 e. The van der Waals surface area contributed by atoms with Crippen LogP contribution in [0, 0.1) is 0 Å². The number of fused-ring (bicyclic) bond motifs is 1. The van der Waals surface area contributed by atoms with E-state index in [2.05, 4.69) is 30.2 Å². The highest BCUT2D eigenvalue weighted by Gasteiger charge is 2.09. The van der Waals surface area contributed by atoms with Gasteiger partial charge in [0, 0.05) is 25.1 Å². The Morgan fingerprint density at radius 1 is 1.11 bits per heavy atom. The Balaban J connectivity index is 1.60. The number of hydrogen-bond acceptors (Lipinski definition) is 7. The Morgan fingerprint density at radius 3 is 2.71 bits per heavy atom. The zero-order valence-corrected chi connectivity index (χ0v) is 16.1. The lowest BCUT2D eigenvalue weighted by Gasteiger charge is -2.08. The van der Waals surface area contributed by atoms with Gasteiger partial charge in [-0.3, -0.25) is 9.40 Å². The van der Waals surface area contributed by atoms with Crippen molar-refractivity contribution in [3.8, 4) is 0 Å². The Hall–Kier alpha value is -3.47. The van der Waals surface area contributed by atoms with Crippen LogP contribution in [0.1, 0.15) is 5.56 Å². The quantitative estimate of drug-likeness (QED) is 0.507. The van der Waals surface area contributed by atoms with Crippen molar-refractivity contribution in [2.75, 3.05) is 16.3 Å². The minimum absolute atomic E-state index is 0.437. The number of nitrogens with zero attached hydrogens (tertiary/aromatic N) is 6. The first-order valence-electron chi connectivity index (χ1n) is 8.37. The lowest BCUT2D eigenvalue weighted by molar-refractivity contribution is 0.607. The van der Waals surface area contributed by atoms with Gasteiger partial charge in [0.1, 0.15) is 0 Å². The van der Waals surface area contributed by atoms with Crippen molar-refractivity contribution >= 4 is 38.4 Å². The zero-order valence-electron chi connectivity index (χ0n) is 15.2. The van der Waals surface area contributed by atoms with Gasteiger partial charge in [-0.1, -0.05) is 12.1 Å². The second kappa shape index (κ2) is 6.93. The molecular weight excluding hydrogens is 380 g/mol. The predicted molar refractivity (Wildman–Crippen MR) is 106 cm³/mol. The Morgan fingerprint density at radius 2 is 1.96 bits per heavy atom. The van der Waals surface area contributed by atoms with Crippen LogP contribution in [0.4, 0.5) is 17.3 Å². The van der Waals surface area contributed by atoms with E-state index in [1.807, 2.05) is 19.3 Å². The molecule has 0 bridgehead atoms. The molecule has 10 nitrogen and oxygen atoms in total. The van der Waals surface area contributed by atoms with Gasteiger partial charge < -0.3 is 5.32 Å². The van der Waals surface area contributed by atoms with E-state index in [1.165, 1.54) is 0 Å². The van der Waals surface area contributed by atoms with Gasteiger partial charge in [0.05, 0.1) is 36.3 Å². The van der Waals surface area contributed by atoms with E-state index in [0.29, 0.717) is 23.8 Å². The van der Waals surface area contributed by atoms with Crippen molar-refractivity contribution in [1.29, 1.82) is 0 Å². The summed E-state index contributed by atoms with van der Waals surface area (Å²) in [5.41, 5.74) is 2.85. The highest BCUT2D eigenvalue weighted by atomic mass is 32.2. The van der Waals surface area contributed by atoms with Crippen LogP contribution < -0.4 is 10.0 Å². The molecule has 11 heteroatoms. The number of nitrogens with one attached hydrogen (secondary N) is 2. The van der Waals surface area contributed by atoms with E-state index in [9.17, 15) is 8.42 Å². The summed E-state index contributed by atoms with van der Waals surface area (Å²) >= 11 is 0. The minimum atomic E-state index is -3.33. The van der Waals surface area contributed by atoms with Gasteiger partial charge in [-0.2, -0.15) is 15.2 Å². The minimum Gasteiger partial charge on any atom is -0.321 e.